The molecule has 0 heterocycles. The predicted molar refractivity (Wildman–Crippen MR) is 99.4 cm³/mol. The van der Waals surface area contributed by atoms with Crippen LogP contribution in [0.15, 0.2) is 47.6 Å². The third-order valence-corrected chi connectivity index (χ3v) is 3.74. The summed E-state index contributed by atoms with van der Waals surface area (Å²) in [4.78, 5) is 23.6. The maximum Gasteiger partial charge on any atom is 0.329 e. The molecule has 0 fully saturated rings. The lowest BCUT2D eigenvalue weighted by atomic mass is 10.1. The van der Waals surface area contributed by atoms with Gasteiger partial charge in [0.15, 0.2) is 0 Å². The van der Waals surface area contributed by atoms with Crippen LogP contribution >= 0.6 is 22.6 Å². The lowest BCUT2D eigenvalue weighted by Crippen LogP contribution is -2.32. The smallest absolute Gasteiger partial charge is 0.317 e. The van der Waals surface area contributed by atoms with Crippen molar-refractivity contribution in [1.82, 2.24) is 5.43 Å². The number of carbonyl (C=O) groups is 2. The van der Waals surface area contributed by atoms with Gasteiger partial charge in [0, 0.05) is 9.26 Å². The van der Waals surface area contributed by atoms with Gasteiger partial charge in [0.05, 0.1) is 6.21 Å². The van der Waals surface area contributed by atoms with E-state index in [0.717, 1.165) is 20.3 Å². The average Bonchev–Trinajstić information content (AvgIpc) is 2.50. The molecule has 0 aliphatic heterocycles. The number of carbonyl (C=O) groups excluding carboxylic acids is 2. The highest BCUT2D eigenvalue weighted by Gasteiger charge is 2.13. The van der Waals surface area contributed by atoms with E-state index < -0.39 is 11.8 Å². The minimum absolute atomic E-state index is 0.609. The van der Waals surface area contributed by atoms with Crippen LogP contribution in [0.25, 0.3) is 0 Å². The zero-order valence-electron chi connectivity index (χ0n) is 12.8. The van der Waals surface area contributed by atoms with Crippen molar-refractivity contribution in [3.63, 3.8) is 0 Å². The number of halogens is 1. The fourth-order valence-electron chi connectivity index (χ4n) is 1.94. The van der Waals surface area contributed by atoms with E-state index in [1.165, 1.54) is 6.21 Å². The highest BCUT2D eigenvalue weighted by atomic mass is 127. The highest BCUT2D eigenvalue weighted by molar-refractivity contribution is 14.1. The van der Waals surface area contributed by atoms with E-state index in [0.29, 0.717) is 5.69 Å². The van der Waals surface area contributed by atoms with Crippen molar-refractivity contribution in [3.05, 3.63) is 62.7 Å². The first kappa shape index (κ1) is 17.1. The van der Waals surface area contributed by atoms with Crippen molar-refractivity contribution >= 4 is 46.3 Å². The number of amides is 2. The normalized spacial score (nSPS) is 10.6. The topological polar surface area (TPSA) is 70.6 Å². The summed E-state index contributed by atoms with van der Waals surface area (Å²) in [5.41, 5.74) is 5.65. The molecule has 0 radical (unpaired) electrons. The van der Waals surface area contributed by atoms with Gasteiger partial charge in [-0.05, 0) is 65.8 Å². The number of rotatable bonds is 3. The van der Waals surface area contributed by atoms with Crippen molar-refractivity contribution in [3.8, 4) is 0 Å². The zero-order valence-corrected chi connectivity index (χ0v) is 14.9. The van der Waals surface area contributed by atoms with Crippen LogP contribution in [-0.2, 0) is 9.59 Å². The number of hydrazone groups is 1. The van der Waals surface area contributed by atoms with E-state index >= 15 is 0 Å². The van der Waals surface area contributed by atoms with Gasteiger partial charge in [-0.25, -0.2) is 5.43 Å². The maximum atomic E-state index is 11.8. The Morgan fingerprint density at radius 2 is 1.87 bits per heavy atom. The van der Waals surface area contributed by atoms with Crippen LogP contribution in [0.2, 0.25) is 0 Å². The second-order valence-electron chi connectivity index (χ2n) is 5.03. The van der Waals surface area contributed by atoms with Gasteiger partial charge in [-0.15, -0.1) is 0 Å². The maximum absolute atomic E-state index is 11.8. The molecular formula is C17H16IN3O2. The molecule has 0 saturated carbocycles. The standard InChI is InChI=1S/C17H16IN3O2/c1-11-6-7-15(12(2)8-11)20-16(22)17(23)21-19-10-13-4-3-5-14(18)9-13/h3-10H,1-2H3,(H,20,22)(H,21,23)/b19-10-. The van der Waals surface area contributed by atoms with Gasteiger partial charge in [-0.1, -0.05) is 29.8 Å². The summed E-state index contributed by atoms with van der Waals surface area (Å²) in [6.45, 7) is 3.83. The van der Waals surface area contributed by atoms with Gasteiger partial charge in [-0.2, -0.15) is 5.10 Å². The number of aryl methyl sites for hydroxylation is 2. The Balaban J connectivity index is 1.93. The second kappa shape index (κ2) is 7.87. The molecule has 2 aromatic carbocycles. The van der Waals surface area contributed by atoms with Crippen molar-refractivity contribution < 1.29 is 9.59 Å². The Bertz CT molecular complexity index is 772. The number of hydrogen-bond donors (Lipinski definition) is 2. The summed E-state index contributed by atoms with van der Waals surface area (Å²) in [6, 6.07) is 13.2. The van der Waals surface area contributed by atoms with E-state index in [2.05, 4.69) is 38.4 Å². The lowest BCUT2D eigenvalue weighted by molar-refractivity contribution is -0.136. The molecule has 23 heavy (non-hydrogen) atoms. The lowest BCUT2D eigenvalue weighted by Gasteiger charge is -2.08. The number of hydrogen-bond acceptors (Lipinski definition) is 3. The summed E-state index contributed by atoms with van der Waals surface area (Å²) >= 11 is 2.19. The van der Waals surface area contributed by atoms with E-state index in [4.69, 9.17) is 0 Å². The molecule has 0 atom stereocenters. The van der Waals surface area contributed by atoms with E-state index in [9.17, 15) is 9.59 Å². The first-order valence-corrected chi connectivity index (χ1v) is 8.01. The fourth-order valence-corrected chi connectivity index (χ4v) is 2.50. The predicted octanol–water partition coefficient (Wildman–Crippen LogP) is 3.00. The number of nitrogens with one attached hydrogen (secondary N) is 2. The van der Waals surface area contributed by atoms with Gasteiger partial charge >= 0.3 is 11.8 Å². The monoisotopic (exact) mass is 421 g/mol. The number of nitrogens with zero attached hydrogens (tertiary/aromatic N) is 1. The van der Waals surface area contributed by atoms with Crippen molar-refractivity contribution in [2.24, 2.45) is 5.10 Å². The van der Waals surface area contributed by atoms with Crippen LogP contribution in [0.1, 0.15) is 16.7 Å². The third-order valence-electron chi connectivity index (χ3n) is 3.06. The minimum Gasteiger partial charge on any atom is -0.317 e. The second-order valence-corrected chi connectivity index (χ2v) is 6.27. The molecule has 0 aliphatic rings. The molecule has 2 N–H and O–H groups in total. The van der Waals surface area contributed by atoms with E-state index in [1.807, 2.05) is 50.2 Å². The summed E-state index contributed by atoms with van der Waals surface area (Å²) in [5.74, 6) is -1.57. The van der Waals surface area contributed by atoms with Crippen LogP contribution in [-0.4, -0.2) is 18.0 Å². The number of anilines is 1. The SMILES string of the molecule is Cc1ccc(NC(=O)C(=O)N/N=C\c2cccc(I)c2)c(C)c1. The van der Waals surface area contributed by atoms with E-state index in [1.54, 1.807) is 6.07 Å². The Morgan fingerprint density at radius 3 is 2.57 bits per heavy atom. The first-order valence-electron chi connectivity index (χ1n) is 6.93. The zero-order chi connectivity index (χ0) is 16.8. The highest BCUT2D eigenvalue weighted by Crippen LogP contribution is 2.15. The Labute approximate surface area is 148 Å². The van der Waals surface area contributed by atoms with Crippen LogP contribution in [0.5, 0.6) is 0 Å². The van der Waals surface area contributed by atoms with Gasteiger partial charge in [0.25, 0.3) is 0 Å². The van der Waals surface area contributed by atoms with Gasteiger partial charge in [0.2, 0.25) is 0 Å². The van der Waals surface area contributed by atoms with Crippen LogP contribution in [0.3, 0.4) is 0 Å². The van der Waals surface area contributed by atoms with Gasteiger partial charge in [-0.3, -0.25) is 9.59 Å². The summed E-state index contributed by atoms with van der Waals surface area (Å²) in [5, 5.41) is 6.36. The summed E-state index contributed by atoms with van der Waals surface area (Å²) in [7, 11) is 0. The van der Waals surface area contributed by atoms with Crippen LogP contribution in [0.4, 0.5) is 5.69 Å². The molecule has 0 spiro atoms. The molecule has 118 valence electrons. The molecule has 2 rings (SSSR count). The van der Waals surface area contributed by atoms with Crippen molar-refractivity contribution in [2.45, 2.75) is 13.8 Å². The van der Waals surface area contributed by atoms with Crippen molar-refractivity contribution in [2.75, 3.05) is 5.32 Å². The third kappa shape index (κ3) is 5.17. The van der Waals surface area contributed by atoms with Crippen LogP contribution < -0.4 is 10.7 Å². The first-order chi connectivity index (χ1) is 11.0. The molecule has 0 aromatic heterocycles. The van der Waals surface area contributed by atoms with Gasteiger partial charge in [0.1, 0.15) is 0 Å². The Morgan fingerprint density at radius 1 is 1.09 bits per heavy atom. The Kier molecular flexibility index (Phi) is 5.86. The molecule has 0 aliphatic carbocycles. The molecule has 5 nitrogen and oxygen atoms in total. The molecular weight excluding hydrogens is 405 g/mol. The molecule has 6 heteroatoms. The van der Waals surface area contributed by atoms with Crippen LogP contribution in [0, 0.1) is 17.4 Å². The molecule has 0 unspecified atom stereocenters. The summed E-state index contributed by atoms with van der Waals surface area (Å²) < 4.78 is 1.06. The molecule has 0 bridgehead atoms. The minimum atomic E-state index is -0.813. The molecule has 2 amide bonds. The Hall–Kier alpha value is -2.22. The van der Waals surface area contributed by atoms with Crippen molar-refractivity contribution in [1.29, 1.82) is 0 Å². The average molecular weight is 421 g/mol. The van der Waals surface area contributed by atoms with E-state index in [-0.39, 0.29) is 0 Å². The summed E-state index contributed by atoms with van der Waals surface area (Å²) in [6.07, 6.45) is 1.49. The molecule has 0 saturated heterocycles. The molecule has 2 aromatic rings. The number of benzene rings is 2. The largest absolute Gasteiger partial charge is 0.329 e. The fraction of sp³-hybridized carbons (Fsp3) is 0.118. The van der Waals surface area contributed by atoms with Gasteiger partial charge < -0.3 is 5.32 Å². The quantitative estimate of drug-likeness (QED) is 0.346.